The van der Waals surface area contributed by atoms with Crippen molar-refractivity contribution in [1.82, 2.24) is 15.3 Å². The number of carbonyl (C=O) groups is 1. The molecule has 2 N–H and O–H groups in total. The first-order valence-electron chi connectivity index (χ1n) is 8.38. The van der Waals surface area contributed by atoms with Crippen LogP contribution in [-0.4, -0.2) is 21.0 Å². The molecule has 3 aromatic rings. The van der Waals surface area contributed by atoms with Crippen molar-refractivity contribution in [2.24, 2.45) is 0 Å². The van der Waals surface area contributed by atoms with Crippen LogP contribution in [0.3, 0.4) is 0 Å². The van der Waals surface area contributed by atoms with Gasteiger partial charge in [0.05, 0.1) is 6.04 Å². The highest BCUT2D eigenvalue weighted by molar-refractivity contribution is 5.88. The molecule has 0 saturated carbocycles. The molecule has 0 fully saturated rings. The molecule has 0 aliphatic carbocycles. The second-order valence-corrected chi connectivity index (χ2v) is 6.06. The van der Waals surface area contributed by atoms with Crippen molar-refractivity contribution in [2.75, 3.05) is 0 Å². The number of carbonyl (C=O) groups excluding carboxylic acids is 1. The van der Waals surface area contributed by atoms with E-state index in [2.05, 4.69) is 15.3 Å². The fourth-order valence-corrected chi connectivity index (χ4v) is 2.94. The van der Waals surface area contributed by atoms with Gasteiger partial charge in [-0.3, -0.25) is 14.8 Å². The van der Waals surface area contributed by atoms with E-state index in [4.69, 9.17) is 0 Å². The summed E-state index contributed by atoms with van der Waals surface area (Å²) in [5.74, 6) is 0.0277. The average Bonchev–Trinajstić information content (AvgIpc) is 2.62. The number of rotatable bonds is 5. The van der Waals surface area contributed by atoms with E-state index in [1.807, 2.05) is 44.2 Å². The maximum atomic E-state index is 12.2. The minimum absolute atomic E-state index is 0.0620. The summed E-state index contributed by atoms with van der Waals surface area (Å²) in [6.45, 7) is 3.93. The molecule has 0 aliphatic heterocycles. The molecule has 1 atom stereocenters. The van der Waals surface area contributed by atoms with E-state index in [9.17, 15) is 9.90 Å². The van der Waals surface area contributed by atoms with Gasteiger partial charge < -0.3 is 10.4 Å². The van der Waals surface area contributed by atoms with Crippen molar-refractivity contribution in [3.63, 3.8) is 0 Å². The van der Waals surface area contributed by atoms with Crippen LogP contribution in [-0.2, 0) is 4.79 Å². The Hall–Kier alpha value is -2.95. The van der Waals surface area contributed by atoms with E-state index >= 15 is 0 Å². The van der Waals surface area contributed by atoms with E-state index < -0.39 is 6.04 Å². The van der Waals surface area contributed by atoms with Crippen LogP contribution in [0, 0.1) is 6.92 Å². The number of aromatic nitrogens is 2. The Morgan fingerprint density at radius 2 is 2.08 bits per heavy atom. The molecule has 0 bridgehead atoms. The Balaban J connectivity index is 2.11. The summed E-state index contributed by atoms with van der Waals surface area (Å²) in [5.41, 5.74) is 3.01. The number of benzene rings is 1. The van der Waals surface area contributed by atoms with Crippen LogP contribution in [0.4, 0.5) is 0 Å². The number of pyridine rings is 2. The fraction of sp³-hybridized carbons (Fsp3) is 0.250. The van der Waals surface area contributed by atoms with Gasteiger partial charge >= 0.3 is 0 Å². The summed E-state index contributed by atoms with van der Waals surface area (Å²) in [7, 11) is 0. The third kappa shape index (κ3) is 3.45. The zero-order valence-electron chi connectivity index (χ0n) is 14.4. The van der Waals surface area contributed by atoms with Crippen molar-refractivity contribution >= 4 is 16.8 Å². The van der Waals surface area contributed by atoms with Crippen LogP contribution >= 0.6 is 0 Å². The number of phenols is 1. The lowest BCUT2D eigenvalue weighted by atomic mass is 9.96. The number of hydrogen-bond acceptors (Lipinski definition) is 4. The second-order valence-electron chi connectivity index (χ2n) is 6.06. The highest BCUT2D eigenvalue weighted by Crippen LogP contribution is 2.35. The predicted molar refractivity (Wildman–Crippen MR) is 97.3 cm³/mol. The first kappa shape index (κ1) is 16.9. The van der Waals surface area contributed by atoms with E-state index in [0.29, 0.717) is 17.5 Å². The van der Waals surface area contributed by atoms with Gasteiger partial charge in [0.2, 0.25) is 5.91 Å². The van der Waals surface area contributed by atoms with Gasteiger partial charge in [-0.15, -0.1) is 0 Å². The van der Waals surface area contributed by atoms with Crippen molar-refractivity contribution in [3.8, 4) is 5.75 Å². The van der Waals surface area contributed by atoms with Crippen LogP contribution in [0.1, 0.15) is 42.5 Å². The molecule has 0 saturated heterocycles. The number of fused-ring (bicyclic) bond motifs is 1. The standard InChI is InChI=1S/C20H21N3O2/c1-3-5-17(24)23-18(14-6-4-10-21-12-14)16-8-7-15-13(2)9-11-22-19(15)20(16)25/h4,6-12,18,25H,3,5H2,1-2H3,(H,23,24). The maximum Gasteiger partial charge on any atom is 0.220 e. The zero-order valence-corrected chi connectivity index (χ0v) is 14.4. The first-order chi connectivity index (χ1) is 12.1. The Kier molecular flexibility index (Phi) is 4.93. The van der Waals surface area contributed by atoms with Gasteiger partial charge in [0.15, 0.2) is 0 Å². The molecule has 25 heavy (non-hydrogen) atoms. The van der Waals surface area contributed by atoms with Crippen LogP contribution in [0.2, 0.25) is 0 Å². The summed E-state index contributed by atoms with van der Waals surface area (Å²) in [4.78, 5) is 20.7. The minimum Gasteiger partial charge on any atom is -0.505 e. The summed E-state index contributed by atoms with van der Waals surface area (Å²) in [5, 5.41) is 14.7. The molecule has 1 aromatic carbocycles. The van der Waals surface area contributed by atoms with Crippen LogP contribution in [0.5, 0.6) is 5.75 Å². The van der Waals surface area contributed by atoms with Gasteiger partial charge in [-0.1, -0.05) is 25.1 Å². The highest BCUT2D eigenvalue weighted by atomic mass is 16.3. The number of amides is 1. The molecule has 0 spiro atoms. The Labute approximate surface area is 146 Å². The lowest BCUT2D eigenvalue weighted by Crippen LogP contribution is -2.29. The largest absolute Gasteiger partial charge is 0.505 e. The molecular formula is C20H21N3O2. The molecule has 0 aliphatic rings. The maximum absolute atomic E-state index is 12.2. The smallest absolute Gasteiger partial charge is 0.220 e. The van der Waals surface area contributed by atoms with E-state index in [1.54, 1.807) is 18.6 Å². The fourth-order valence-electron chi connectivity index (χ4n) is 2.94. The van der Waals surface area contributed by atoms with E-state index in [-0.39, 0.29) is 11.7 Å². The normalized spacial score (nSPS) is 12.1. The topological polar surface area (TPSA) is 75.1 Å². The molecule has 128 valence electrons. The number of hydrogen-bond donors (Lipinski definition) is 2. The lowest BCUT2D eigenvalue weighted by Gasteiger charge is -2.21. The number of nitrogens with one attached hydrogen (secondary N) is 1. The van der Waals surface area contributed by atoms with E-state index in [1.165, 1.54) is 0 Å². The quantitative estimate of drug-likeness (QED) is 0.746. The number of nitrogens with zero attached hydrogens (tertiary/aromatic N) is 2. The van der Waals surface area contributed by atoms with Gasteiger partial charge in [-0.2, -0.15) is 0 Å². The molecule has 0 radical (unpaired) electrons. The third-order valence-corrected chi connectivity index (χ3v) is 4.25. The molecule has 5 nitrogen and oxygen atoms in total. The SMILES string of the molecule is CCCC(=O)NC(c1cccnc1)c1ccc2c(C)ccnc2c1O. The Morgan fingerprint density at radius 1 is 1.24 bits per heavy atom. The number of aromatic hydroxyl groups is 1. The van der Waals surface area contributed by atoms with Crippen LogP contribution < -0.4 is 5.32 Å². The molecule has 2 heterocycles. The van der Waals surface area contributed by atoms with Gasteiger partial charge in [-0.25, -0.2) is 0 Å². The minimum atomic E-state index is -0.473. The van der Waals surface area contributed by atoms with Crippen molar-refractivity contribution < 1.29 is 9.90 Å². The summed E-state index contributed by atoms with van der Waals surface area (Å²) in [6, 6.07) is 8.91. The van der Waals surface area contributed by atoms with Gasteiger partial charge in [0.1, 0.15) is 11.3 Å². The molecular weight excluding hydrogens is 314 g/mol. The lowest BCUT2D eigenvalue weighted by molar-refractivity contribution is -0.121. The molecule has 2 aromatic heterocycles. The van der Waals surface area contributed by atoms with Crippen LogP contribution in [0.25, 0.3) is 10.9 Å². The molecule has 5 heteroatoms. The highest BCUT2D eigenvalue weighted by Gasteiger charge is 2.22. The van der Waals surface area contributed by atoms with Crippen LogP contribution in [0.15, 0.2) is 48.9 Å². The molecule has 1 unspecified atom stereocenters. The third-order valence-electron chi connectivity index (χ3n) is 4.25. The van der Waals surface area contributed by atoms with Gasteiger partial charge in [0, 0.05) is 36.0 Å². The van der Waals surface area contributed by atoms with E-state index in [0.717, 1.165) is 22.9 Å². The van der Waals surface area contributed by atoms with Crippen molar-refractivity contribution in [1.29, 1.82) is 0 Å². The first-order valence-corrected chi connectivity index (χ1v) is 8.38. The van der Waals surface area contributed by atoms with Gasteiger partial charge in [-0.05, 0) is 36.6 Å². The Morgan fingerprint density at radius 3 is 2.80 bits per heavy atom. The van der Waals surface area contributed by atoms with Crippen molar-refractivity contribution in [3.05, 3.63) is 65.6 Å². The average molecular weight is 335 g/mol. The second kappa shape index (κ2) is 7.30. The summed E-state index contributed by atoms with van der Waals surface area (Å²) < 4.78 is 0. The zero-order chi connectivity index (χ0) is 17.8. The monoisotopic (exact) mass is 335 g/mol. The van der Waals surface area contributed by atoms with Gasteiger partial charge in [0.25, 0.3) is 0 Å². The Bertz CT molecular complexity index is 894. The molecule has 3 rings (SSSR count). The predicted octanol–water partition coefficient (Wildman–Crippen LogP) is 3.65. The van der Waals surface area contributed by atoms with Crippen molar-refractivity contribution in [2.45, 2.75) is 32.7 Å². The molecule has 1 amide bonds. The summed E-state index contributed by atoms with van der Waals surface area (Å²) in [6.07, 6.45) is 6.25. The number of phenolic OH excluding ortho intramolecular Hbond substituents is 1. The summed E-state index contributed by atoms with van der Waals surface area (Å²) >= 11 is 0. The number of aryl methyl sites for hydroxylation is 1.